The average Bonchev–Trinajstić information content (AvgIpc) is 3.58. The average molecular weight is 521 g/mol. The van der Waals surface area contributed by atoms with Crippen molar-refractivity contribution in [3.8, 4) is 11.9 Å². The summed E-state index contributed by atoms with van der Waals surface area (Å²) < 4.78 is 1.46. The number of pyridine rings is 1. The molecule has 36 heavy (non-hydrogen) atoms. The van der Waals surface area contributed by atoms with Gasteiger partial charge in [-0.25, -0.2) is 9.67 Å². The number of carbonyl (C=O) groups excluding carboxylic acids is 2. The number of rotatable bonds is 8. The van der Waals surface area contributed by atoms with Gasteiger partial charge in [0, 0.05) is 12.7 Å². The molecule has 0 spiro atoms. The summed E-state index contributed by atoms with van der Waals surface area (Å²) in [5.74, 6) is 2.76. The Bertz CT molecular complexity index is 1370. The number of carbonyl (C=O) groups is 2. The van der Waals surface area contributed by atoms with E-state index in [4.69, 9.17) is 11.6 Å². The molecule has 0 bridgehead atoms. The fraction of sp³-hybridized carbons (Fsp3) is 0.346. The van der Waals surface area contributed by atoms with Crippen LogP contribution in [-0.4, -0.2) is 44.6 Å². The van der Waals surface area contributed by atoms with Crippen LogP contribution in [0, 0.1) is 30.1 Å². The van der Waals surface area contributed by atoms with Gasteiger partial charge in [-0.3, -0.25) is 9.59 Å². The van der Waals surface area contributed by atoms with Crippen LogP contribution in [0.2, 0.25) is 5.02 Å². The van der Waals surface area contributed by atoms with E-state index in [0.717, 1.165) is 36.5 Å². The van der Waals surface area contributed by atoms with Crippen molar-refractivity contribution in [3.63, 3.8) is 0 Å². The van der Waals surface area contributed by atoms with Crippen LogP contribution in [0.3, 0.4) is 0 Å². The lowest BCUT2D eigenvalue weighted by atomic mass is 10.0. The van der Waals surface area contributed by atoms with Crippen molar-refractivity contribution in [2.24, 2.45) is 11.8 Å². The highest BCUT2D eigenvalue weighted by molar-refractivity contribution is 8.00. The van der Waals surface area contributed by atoms with E-state index in [-0.39, 0.29) is 17.2 Å². The molecule has 1 aliphatic heterocycles. The molecule has 1 saturated carbocycles. The Labute approximate surface area is 218 Å². The highest BCUT2D eigenvalue weighted by Gasteiger charge is 2.26. The first-order chi connectivity index (χ1) is 17.4. The van der Waals surface area contributed by atoms with Gasteiger partial charge in [0.2, 0.25) is 0 Å². The third-order valence-corrected chi connectivity index (χ3v) is 8.04. The van der Waals surface area contributed by atoms with Gasteiger partial charge in [-0.05, 0) is 85.4 Å². The molecule has 3 heterocycles. The standard InChI is InChI=1S/C26H25ClN6O2S/c1-15-7-17(11-28)9-20(25(34)30-12-16-4-5-16)23(15)31-26(35)22-10-19(8-18-13-36-14-18)32-33(22)24-21(27)3-2-6-29-24/h2-3,6-7,9-10,16,18H,4-5,8,12-14H2,1H3,(H,30,34)(H,31,35). The molecule has 1 aliphatic carbocycles. The van der Waals surface area contributed by atoms with Crippen LogP contribution in [0.25, 0.3) is 5.82 Å². The van der Waals surface area contributed by atoms with Crippen molar-refractivity contribution < 1.29 is 9.59 Å². The molecule has 2 N–H and O–H groups in total. The van der Waals surface area contributed by atoms with Gasteiger partial charge in [0.15, 0.2) is 5.82 Å². The predicted molar refractivity (Wildman–Crippen MR) is 140 cm³/mol. The Morgan fingerprint density at radius 3 is 2.69 bits per heavy atom. The highest BCUT2D eigenvalue weighted by Crippen LogP contribution is 2.30. The lowest BCUT2D eigenvalue weighted by Gasteiger charge is -2.23. The monoisotopic (exact) mass is 520 g/mol. The Kier molecular flexibility index (Phi) is 6.99. The summed E-state index contributed by atoms with van der Waals surface area (Å²) in [5.41, 5.74) is 2.65. The van der Waals surface area contributed by atoms with E-state index in [1.165, 1.54) is 10.7 Å². The number of hydrogen-bond acceptors (Lipinski definition) is 6. The summed E-state index contributed by atoms with van der Waals surface area (Å²) in [6.07, 6.45) is 4.56. The van der Waals surface area contributed by atoms with Crippen LogP contribution < -0.4 is 10.6 Å². The number of nitrogens with zero attached hydrogens (tertiary/aromatic N) is 4. The van der Waals surface area contributed by atoms with Gasteiger partial charge in [0.25, 0.3) is 11.8 Å². The number of nitriles is 1. The number of aryl methyl sites for hydroxylation is 1. The molecule has 2 amide bonds. The number of thioether (sulfide) groups is 1. The highest BCUT2D eigenvalue weighted by atomic mass is 35.5. The van der Waals surface area contributed by atoms with Gasteiger partial charge in [-0.15, -0.1) is 0 Å². The summed E-state index contributed by atoms with van der Waals surface area (Å²) in [6.45, 7) is 2.34. The molecule has 8 nitrogen and oxygen atoms in total. The number of amides is 2. The fourth-order valence-electron chi connectivity index (χ4n) is 4.11. The van der Waals surface area contributed by atoms with Crippen molar-refractivity contribution in [3.05, 3.63) is 69.6 Å². The third-order valence-electron chi connectivity index (χ3n) is 6.33. The molecule has 0 radical (unpaired) electrons. The number of benzene rings is 1. The van der Waals surface area contributed by atoms with Gasteiger partial charge in [-0.2, -0.15) is 22.1 Å². The normalized spacial score (nSPS) is 15.1. The molecule has 0 atom stereocenters. The van der Waals surface area contributed by atoms with Crippen molar-refractivity contribution in [1.82, 2.24) is 20.1 Å². The van der Waals surface area contributed by atoms with Crippen LogP contribution in [0.1, 0.15) is 50.5 Å². The molecular weight excluding hydrogens is 496 g/mol. The maximum Gasteiger partial charge on any atom is 0.274 e. The first-order valence-corrected chi connectivity index (χ1v) is 13.4. The first kappa shape index (κ1) is 24.3. The SMILES string of the molecule is Cc1cc(C#N)cc(C(=O)NCC2CC2)c1NC(=O)c1cc(CC2CSC2)nn1-c1ncccc1Cl. The number of aromatic nitrogens is 3. The molecule has 10 heteroatoms. The second-order valence-corrected chi connectivity index (χ2v) is 10.8. The summed E-state index contributed by atoms with van der Waals surface area (Å²) >= 11 is 8.29. The third kappa shape index (κ3) is 5.25. The molecule has 184 valence electrons. The first-order valence-electron chi connectivity index (χ1n) is 11.8. The number of hydrogen-bond donors (Lipinski definition) is 2. The van der Waals surface area contributed by atoms with Crippen LogP contribution in [0.4, 0.5) is 5.69 Å². The molecule has 1 aromatic carbocycles. The van der Waals surface area contributed by atoms with Crippen molar-refractivity contribution in [2.75, 3.05) is 23.4 Å². The maximum absolute atomic E-state index is 13.6. The summed E-state index contributed by atoms with van der Waals surface area (Å²) in [4.78, 5) is 31.0. The Balaban J connectivity index is 1.49. The smallest absolute Gasteiger partial charge is 0.274 e. The van der Waals surface area contributed by atoms with Crippen LogP contribution in [0.15, 0.2) is 36.5 Å². The number of nitrogens with one attached hydrogen (secondary N) is 2. The van der Waals surface area contributed by atoms with Gasteiger partial charge >= 0.3 is 0 Å². The fourth-order valence-corrected chi connectivity index (χ4v) is 5.12. The lowest BCUT2D eigenvalue weighted by Crippen LogP contribution is -2.28. The van der Waals surface area contributed by atoms with Crippen molar-refractivity contribution >= 4 is 40.9 Å². The van der Waals surface area contributed by atoms with E-state index in [9.17, 15) is 14.9 Å². The topological polar surface area (TPSA) is 113 Å². The van der Waals surface area contributed by atoms with Crippen molar-refractivity contribution in [2.45, 2.75) is 26.2 Å². The summed E-state index contributed by atoms with van der Waals surface area (Å²) in [7, 11) is 0. The zero-order valence-corrected chi connectivity index (χ0v) is 21.3. The van der Waals surface area contributed by atoms with E-state index in [1.807, 2.05) is 11.8 Å². The minimum absolute atomic E-state index is 0.259. The quantitative estimate of drug-likeness (QED) is 0.455. The summed E-state index contributed by atoms with van der Waals surface area (Å²) in [6, 6.07) is 10.4. The van der Waals surface area contributed by atoms with Gasteiger partial charge in [-0.1, -0.05) is 11.6 Å². The zero-order valence-electron chi connectivity index (χ0n) is 19.8. The lowest BCUT2D eigenvalue weighted by molar-refractivity contribution is 0.0952. The Hall–Kier alpha value is -3.35. The van der Waals surface area contributed by atoms with Crippen LogP contribution in [0.5, 0.6) is 0 Å². The van der Waals surface area contributed by atoms with Crippen LogP contribution >= 0.6 is 23.4 Å². The minimum atomic E-state index is -0.442. The molecule has 0 unspecified atom stereocenters. The second-order valence-electron chi connectivity index (χ2n) is 9.28. The molecular formula is C26H25ClN6O2S. The number of anilines is 1. The zero-order chi connectivity index (χ0) is 25.2. The van der Waals surface area contributed by atoms with E-state index >= 15 is 0 Å². The second kappa shape index (κ2) is 10.3. The molecule has 1 saturated heterocycles. The maximum atomic E-state index is 13.6. The van der Waals surface area contributed by atoms with E-state index in [1.54, 1.807) is 37.4 Å². The largest absolute Gasteiger partial charge is 0.352 e. The van der Waals surface area contributed by atoms with E-state index in [2.05, 4.69) is 26.8 Å². The Morgan fingerprint density at radius 1 is 1.22 bits per heavy atom. The Morgan fingerprint density at radius 2 is 2.03 bits per heavy atom. The molecule has 2 aliphatic rings. The molecule has 2 fully saturated rings. The van der Waals surface area contributed by atoms with Gasteiger partial charge in [0.1, 0.15) is 5.69 Å². The number of halogens is 1. The molecule has 5 rings (SSSR count). The van der Waals surface area contributed by atoms with E-state index in [0.29, 0.717) is 46.0 Å². The van der Waals surface area contributed by atoms with E-state index < -0.39 is 5.91 Å². The van der Waals surface area contributed by atoms with Gasteiger partial charge in [0.05, 0.1) is 33.6 Å². The molecule has 2 aromatic heterocycles. The minimum Gasteiger partial charge on any atom is -0.352 e. The van der Waals surface area contributed by atoms with Crippen LogP contribution in [-0.2, 0) is 6.42 Å². The van der Waals surface area contributed by atoms with Crippen molar-refractivity contribution in [1.29, 1.82) is 5.26 Å². The summed E-state index contributed by atoms with van der Waals surface area (Å²) in [5, 5.41) is 20.3. The van der Waals surface area contributed by atoms with Gasteiger partial charge < -0.3 is 10.6 Å². The predicted octanol–water partition coefficient (Wildman–Crippen LogP) is 4.40. The molecule has 3 aromatic rings.